The monoisotopic (exact) mass is 270 g/mol. The van der Waals surface area contributed by atoms with Crippen molar-refractivity contribution in [2.24, 2.45) is 0 Å². The number of hydrogen-bond donors (Lipinski definition) is 1. The van der Waals surface area contributed by atoms with Gasteiger partial charge in [0.2, 0.25) is 0 Å². The molecule has 0 fully saturated rings. The summed E-state index contributed by atoms with van der Waals surface area (Å²) in [6.45, 7) is 4.93. The summed E-state index contributed by atoms with van der Waals surface area (Å²) in [6.07, 6.45) is 0.950. The van der Waals surface area contributed by atoms with Crippen molar-refractivity contribution in [1.82, 2.24) is 0 Å². The number of aliphatic hydroxyl groups is 1. The third-order valence-electron chi connectivity index (χ3n) is 2.32. The summed E-state index contributed by atoms with van der Waals surface area (Å²) >= 11 is 5.58. The van der Waals surface area contributed by atoms with Gasteiger partial charge in [-0.3, -0.25) is 0 Å². The maximum absolute atomic E-state index is 9.25. The molecule has 4 heteroatoms. The smallest absolute Gasteiger partial charge is 0.128 e. The summed E-state index contributed by atoms with van der Waals surface area (Å²) in [4.78, 5) is 0. The topological polar surface area (TPSA) is 38.7 Å². The minimum Gasteiger partial charge on any atom is -0.493 e. The van der Waals surface area contributed by atoms with Gasteiger partial charge in [0.1, 0.15) is 18.1 Å². The Bertz CT molecular complexity index is 402. The molecule has 0 unspecified atom stereocenters. The molecule has 0 radical (unpaired) electrons. The molecule has 0 aliphatic carbocycles. The molecule has 0 spiro atoms. The van der Waals surface area contributed by atoms with Gasteiger partial charge in [-0.05, 0) is 31.1 Å². The predicted octanol–water partition coefficient (Wildman–Crippen LogP) is 3.49. The Balaban J connectivity index is 2.78. The first kappa shape index (κ1) is 14.9. The van der Waals surface area contributed by atoms with Gasteiger partial charge in [0.25, 0.3) is 0 Å². The summed E-state index contributed by atoms with van der Waals surface area (Å²) in [5.41, 5.74) is 3.14. The lowest BCUT2D eigenvalue weighted by Crippen LogP contribution is -2.02. The van der Waals surface area contributed by atoms with Gasteiger partial charge in [-0.25, -0.2) is 0 Å². The second kappa shape index (κ2) is 8.01. The lowest BCUT2D eigenvalue weighted by Gasteiger charge is -2.12. The van der Waals surface area contributed by atoms with Gasteiger partial charge in [-0.1, -0.05) is 18.5 Å². The van der Waals surface area contributed by atoms with Gasteiger partial charge in [0.15, 0.2) is 0 Å². The fraction of sp³-hybridized carbons (Fsp3) is 0.429. The molecule has 0 amide bonds. The Morgan fingerprint density at radius 1 is 1.39 bits per heavy atom. The molecule has 0 saturated carbocycles. The van der Waals surface area contributed by atoms with Crippen LogP contribution in [-0.4, -0.2) is 18.3 Å². The van der Waals surface area contributed by atoms with Crippen molar-refractivity contribution in [2.45, 2.75) is 26.9 Å². The maximum Gasteiger partial charge on any atom is 0.128 e. The van der Waals surface area contributed by atoms with Gasteiger partial charge in [0.05, 0.1) is 13.2 Å². The number of rotatable bonds is 7. The van der Waals surface area contributed by atoms with Gasteiger partial charge in [-0.15, -0.1) is 0 Å². The molecule has 0 aliphatic rings. The average molecular weight is 271 g/mol. The Labute approximate surface area is 113 Å². The lowest BCUT2D eigenvalue weighted by molar-refractivity contribution is 0.266. The van der Waals surface area contributed by atoms with E-state index in [0.717, 1.165) is 23.3 Å². The summed E-state index contributed by atoms with van der Waals surface area (Å²) in [5.74, 6) is 1.38. The highest BCUT2D eigenvalue weighted by molar-refractivity contribution is 6.25. The van der Waals surface area contributed by atoms with E-state index in [2.05, 4.69) is 0 Å². The first-order valence-corrected chi connectivity index (χ1v) is 6.40. The van der Waals surface area contributed by atoms with E-state index >= 15 is 0 Å². The molecule has 0 saturated heterocycles. The highest BCUT2D eigenvalue weighted by atomic mass is 35.5. The average Bonchev–Trinajstić information content (AvgIpc) is 2.42. The lowest BCUT2D eigenvalue weighted by atomic mass is 10.2. The Hall–Kier alpha value is -1.19. The van der Waals surface area contributed by atoms with Crippen molar-refractivity contribution in [3.63, 3.8) is 0 Å². The SMILES string of the molecule is CCCOc1ccc(CO)c(OC/C(C)=C/Cl)c1. The fourth-order valence-electron chi connectivity index (χ4n) is 1.33. The largest absolute Gasteiger partial charge is 0.493 e. The van der Waals surface area contributed by atoms with Crippen molar-refractivity contribution in [1.29, 1.82) is 0 Å². The van der Waals surface area contributed by atoms with Crippen molar-refractivity contribution in [3.8, 4) is 11.5 Å². The van der Waals surface area contributed by atoms with Crippen LogP contribution in [0.4, 0.5) is 0 Å². The zero-order valence-corrected chi connectivity index (χ0v) is 11.5. The summed E-state index contributed by atoms with van der Waals surface area (Å²) < 4.78 is 11.1. The van der Waals surface area contributed by atoms with E-state index in [0.29, 0.717) is 19.0 Å². The van der Waals surface area contributed by atoms with Crippen LogP contribution in [0.25, 0.3) is 0 Å². The minimum absolute atomic E-state index is 0.0625. The van der Waals surface area contributed by atoms with E-state index in [9.17, 15) is 5.11 Å². The molecule has 100 valence electrons. The third-order valence-corrected chi connectivity index (χ3v) is 2.70. The molecule has 0 aromatic heterocycles. The van der Waals surface area contributed by atoms with Crippen LogP contribution in [-0.2, 0) is 6.61 Å². The maximum atomic E-state index is 9.25. The number of benzene rings is 1. The molecule has 1 rings (SSSR count). The molecular formula is C14H19ClO3. The van der Waals surface area contributed by atoms with Crippen molar-refractivity contribution >= 4 is 11.6 Å². The Morgan fingerprint density at radius 2 is 2.17 bits per heavy atom. The first-order chi connectivity index (χ1) is 8.71. The van der Waals surface area contributed by atoms with E-state index in [1.54, 1.807) is 12.1 Å². The van der Waals surface area contributed by atoms with Crippen LogP contribution in [0.15, 0.2) is 29.3 Å². The molecular weight excluding hydrogens is 252 g/mol. The zero-order chi connectivity index (χ0) is 13.4. The second-order valence-electron chi connectivity index (χ2n) is 4.02. The molecule has 0 heterocycles. The molecule has 1 aromatic carbocycles. The number of hydrogen-bond acceptors (Lipinski definition) is 3. The molecule has 0 bridgehead atoms. The van der Waals surface area contributed by atoms with E-state index in [1.807, 2.05) is 19.9 Å². The molecule has 0 atom stereocenters. The highest BCUT2D eigenvalue weighted by Gasteiger charge is 2.05. The first-order valence-electron chi connectivity index (χ1n) is 5.96. The van der Waals surface area contributed by atoms with Gasteiger partial charge < -0.3 is 14.6 Å². The van der Waals surface area contributed by atoms with Gasteiger partial charge >= 0.3 is 0 Å². The highest BCUT2D eigenvalue weighted by Crippen LogP contribution is 2.25. The molecule has 0 aliphatic heterocycles. The van der Waals surface area contributed by atoms with Crippen molar-refractivity contribution < 1.29 is 14.6 Å². The molecule has 1 N–H and O–H groups in total. The second-order valence-corrected chi connectivity index (χ2v) is 4.24. The molecule has 1 aromatic rings. The van der Waals surface area contributed by atoms with Crippen LogP contribution in [0.3, 0.4) is 0 Å². The Morgan fingerprint density at radius 3 is 2.78 bits per heavy atom. The summed E-state index contributed by atoms with van der Waals surface area (Å²) in [5, 5.41) is 9.25. The van der Waals surface area contributed by atoms with Crippen LogP contribution in [0.2, 0.25) is 0 Å². The van der Waals surface area contributed by atoms with Crippen molar-refractivity contribution in [2.75, 3.05) is 13.2 Å². The Kier molecular flexibility index (Phi) is 6.61. The van der Waals surface area contributed by atoms with Crippen molar-refractivity contribution in [3.05, 3.63) is 34.9 Å². The summed E-state index contributed by atoms with van der Waals surface area (Å²) in [7, 11) is 0. The minimum atomic E-state index is -0.0625. The normalized spacial score (nSPS) is 11.4. The predicted molar refractivity (Wildman–Crippen MR) is 73.3 cm³/mol. The van der Waals surface area contributed by atoms with Crippen LogP contribution in [0.1, 0.15) is 25.8 Å². The van der Waals surface area contributed by atoms with E-state index in [-0.39, 0.29) is 6.61 Å². The van der Waals surface area contributed by atoms with E-state index < -0.39 is 0 Å². The fourth-order valence-corrected chi connectivity index (χ4v) is 1.40. The van der Waals surface area contributed by atoms with Gasteiger partial charge in [-0.2, -0.15) is 0 Å². The standard InChI is InChI=1S/C14H19ClO3/c1-3-6-17-13-5-4-12(9-16)14(7-13)18-10-11(2)8-15/h4-5,7-8,16H,3,6,9-10H2,1-2H3/b11-8+. The van der Waals surface area contributed by atoms with Gasteiger partial charge in [0, 0.05) is 17.2 Å². The van der Waals surface area contributed by atoms with Crippen LogP contribution >= 0.6 is 11.6 Å². The van der Waals surface area contributed by atoms with E-state index in [4.69, 9.17) is 21.1 Å². The number of halogens is 1. The number of ether oxygens (including phenoxy) is 2. The quantitative estimate of drug-likeness (QED) is 0.824. The third kappa shape index (κ3) is 4.59. The zero-order valence-electron chi connectivity index (χ0n) is 10.8. The van der Waals surface area contributed by atoms with Crippen LogP contribution < -0.4 is 9.47 Å². The summed E-state index contributed by atoms with van der Waals surface area (Å²) in [6, 6.07) is 5.43. The molecule has 18 heavy (non-hydrogen) atoms. The van der Waals surface area contributed by atoms with Crippen LogP contribution in [0, 0.1) is 0 Å². The van der Waals surface area contributed by atoms with Crippen LogP contribution in [0.5, 0.6) is 11.5 Å². The molecule has 3 nitrogen and oxygen atoms in total. The van der Waals surface area contributed by atoms with E-state index in [1.165, 1.54) is 5.54 Å². The number of aliphatic hydroxyl groups excluding tert-OH is 1.